The topological polar surface area (TPSA) is 83.6 Å². The highest BCUT2D eigenvalue weighted by molar-refractivity contribution is 5.97. The van der Waals surface area contributed by atoms with Crippen LogP contribution in [0.2, 0.25) is 0 Å². The molecular weight excluding hydrogens is 236 g/mol. The molecule has 0 unspecified atom stereocenters. The van der Waals surface area contributed by atoms with Crippen LogP contribution in [0.3, 0.4) is 0 Å². The van der Waals surface area contributed by atoms with E-state index < -0.39 is 11.9 Å². The van der Waals surface area contributed by atoms with Crippen molar-refractivity contribution >= 4 is 11.9 Å². The van der Waals surface area contributed by atoms with Gasteiger partial charge in [0.25, 0.3) is 5.91 Å². The molecule has 98 valence electrons. The van der Waals surface area contributed by atoms with Crippen LogP contribution < -0.4 is 0 Å². The molecule has 1 aliphatic heterocycles. The average molecular weight is 252 g/mol. The molecule has 0 saturated carbocycles. The molecule has 0 bridgehead atoms. The van der Waals surface area contributed by atoms with E-state index in [4.69, 9.17) is 9.63 Å². The van der Waals surface area contributed by atoms with Crippen molar-refractivity contribution in [2.24, 2.45) is 5.92 Å². The number of amides is 1. The lowest BCUT2D eigenvalue weighted by Gasteiger charge is -2.36. The van der Waals surface area contributed by atoms with Crippen molar-refractivity contribution in [3.8, 4) is 0 Å². The molecule has 2 heterocycles. The van der Waals surface area contributed by atoms with E-state index in [2.05, 4.69) is 5.16 Å². The standard InChI is InChI=1S/C12H16N2O4/c1-6(2)10-9(7(3)13-18-10)11(15)14-4-8(5-14)12(16)17/h6,8H,4-5H2,1-3H3,(H,16,17). The van der Waals surface area contributed by atoms with E-state index in [1.165, 1.54) is 4.90 Å². The molecule has 0 aliphatic carbocycles. The quantitative estimate of drug-likeness (QED) is 0.875. The van der Waals surface area contributed by atoms with Crippen LogP contribution in [-0.2, 0) is 4.79 Å². The Hall–Kier alpha value is -1.85. The smallest absolute Gasteiger partial charge is 0.310 e. The van der Waals surface area contributed by atoms with Crippen molar-refractivity contribution < 1.29 is 19.2 Å². The predicted molar refractivity (Wildman–Crippen MR) is 62.4 cm³/mol. The van der Waals surface area contributed by atoms with Crippen LogP contribution in [0.4, 0.5) is 0 Å². The fourth-order valence-electron chi connectivity index (χ4n) is 2.00. The van der Waals surface area contributed by atoms with Crippen LogP contribution in [0.15, 0.2) is 4.52 Å². The van der Waals surface area contributed by atoms with Gasteiger partial charge in [0.05, 0.1) is 11.6 Å². The van der Waals surface area contributed by atoms with Gasteiger partial charge in [-0.25, -0.2) is 0 Å². The zero-order valence-electron chi connectivity index (χ0n) is 10.6. The number of nitrogens with zero attached hydrogens (tertiary/aromatic N) is 2. The summed E-state index contributed by atoms with van der Waals surface area (Å²) < 4.78 is 5.16. The van der Waals surface area contributed by atoms with E-state index in [0.717, 1.165) is 0 Å². The van der Waals surface area contributed by atoms with Gasteiger partial charge >= 0.3 is 5.97 Å². The van der Waals surface area contributed by atoms with Gasteiger partial charge in [-0.2, -0.15) is 0 Å². The van der Waals surface area contributed by atoms with Crippen molar-refractivity contribution in [2.45, 2.75) is 26.7 Å². The third kappa shape index (κ3) is 1.98. The van der Waals surface area contributed by atoms with Gasteiger partial charge in [-0.3, -0.25) is 9.59 Å². The fraction of sp³-hybridized carbons (Fsp3) is 0.583. The summed E-state index contributed by atoms with van der Waals surface area (Å²) in [7, 11) is 0. The summed E-state index contributed by atoms with van der Waals surface area (Å²) in [6, 6.07) is 0. The Bertz CT molecular complexity index is 486. The Morgan fingerprint density at radius 2 is 2.06 bits per heavy atom. The number of aliphatic carboxylic acids is 1. The highest BCUT2D eigenvalue weighted by Gasteiger charge is 2.38. The molecule has 1 N–H and O–H groups in total. The zero-order valence-corrected chi connectivity index (χ0v) is 10.6. The number of carboxylic acids is 1. The minimum atomic E-state index is -0.856. The molecule has 0 atom stereocenters. The summed E-state index contributed by atoms with van der Waals surface area (Å²) >= 11 is 0. The van der Waals surface area contributed by atoms with Crippen molar-refractivity contribution in [3.05, 3.63) is 17.0 Å². The molecule has 1 aliphatic rings. The van der Waals surface area contributed by atoms with E-state index >= 15 is 0 Å². The molecular formula is C12H16N2O4. The first-order chi connectivity index (χ1) is 8.41. The first-order valence-electron chi connectivity index (χ1n) is 5.90. The molecule has 18 heavy (non-hydrogen) atoms. The van der Waals surface area contributed by atoms with Crippen LogP contribution in [0.25, 0.3) is 0 Å². The molecule has 2 rings (SSSR count). The summed E-state index contributed by atoms with van der Waals surface area (Å²) in [4.78, 5) is 24.5. The third-order valence-corrected chi connectivity index (χ3v) is 3.15. The van der Waals surface area contributed by atoms with Gasteiger partial charge in [0.1, 0.15) is 5.56 Å². The number of rotatable bonds is 3. The minimum absolute atomic E-state index is 0.0710. The number of aryl methyl sites for hydroxylation is 1. The van der Waals surface area contributed by atoms with E-state index in [0.29, 0.717) is 17.0 Å². The molecule has 1 aromatic heterocycles. The number of carbonyl (C=O) groups is 2. The Morgan fingerprint density at radius 3 is 2.56 bits per heavy atom. The van der Waals surface area contributed by atoms with E-state index in [1.54, 1.807) is 6.92 Å². The molecule has 1 fully saturated rings. The van der Waals surface area contributed by atoms with Crippen LogP contribution in [0.1, 0.15) is 41.6 Å². The first-order valence-corrected chi connectivity index (χ1v) is 5.90. The van der Waals surface area contributed by atoms with Gasteiger partial charge in [-0.1, -0.05) is 19.0 Å². The maximum Gasteiger partial charge on any atom is 0.310 e. The second kappa shape index (κ2) is 4.44. The van der Waals surface area contributed by atoms with E-state index in [1.807, 2.05) is 13.8 Å². The third-order valence-electron chi connectivity index (χ3n) is 3.15. The summed E-state index contributed by atoms with van der Waals surface area (Å²) in [5, 5.41) is 12.6. The normalized spacial score (nSPS) is 15.9. The molecule has 6 heteroatoms. The molecule has 6 nitrogen and oxygen atoms in total. The van der Waals surface area contributed by atoms with Gasteiger partial charge in [0.2, 0.25) is 0 Å². The molecule has 1 saturated heterocycles. The highest BCUT2D eigenvalue weighted by atomic mass is 16.5. The van der Waals surface area contributed by atoms with Crippen molar-refractivity contribution in [1.82, 2.24) is 10.1 Å². The summed E-state index contributed by atoms with van der Waals surface area (Å²) in [5.74, 6) is -0.852. The molecule has 0 spiro atoms. The predicted octanol–water partition coefficient (Wildman–Crippen LogP) is 1.26. The Labute approximate surface area is 105 Å². The maximum absolute atomic E-state index is 12.2. The number of aromatic nitrogens is 1. The molecule has 0 aromatic carbocycles. The second-order valence-electron chi connectivity index (χ2n) is 4.91. The summed E-state index contributed by atoms with van der Waals surface area (Å²) in [6.07, 6.45) is 0. The van der Waals surface area contributed by atoms with Gasteiger partial charge in [0, 0.05) is 19.0 Å². The molecule has 1 aromatic rings. The SMILES string of the molecule is Cc1noc(C(C)C)c1C(=O)N1CC(C(=O)O)C1. The highest BCUT2D eigenvalue weighted by Crippen LogP contribution is 2.26. The van der Waals surface area contributed by atoms with Gasteiger partial charge in [-0.15, -0.1) is 0 Å². The number of likely N-dealkylation sites (tertiary alicyclic amines) is 1. The first kappa shape index (κ1) is 12.6. The maximum atomic E-state index is 12.2. The van der Waals surface area contributed by atoms with Crippen LogP contribution in [0.5, 0.6) is 0 Å². The van der Waals surface area contributed by atoms with E-state index in [-0.39, 0.29) is 24.9 Å². The number of carboxylic acid groups (broad SMARTS) is 1. The van der Waals surface area contributed by atoms with Crippen molar-refractivity contribution in [1.29, 1.82) is 0 Å². The Balaban J connectivity index is 2.16. The molecule has 1 amide bonds. The zero-order chi connectivity index (χ0) is 13.4. The Kier molecular flexibility index (Phi) is 3.11. The lowest BCUT2D eigenvalue weighted by atomic mass is 9.97. The lowest BCUT2D eigenvalue weighted by molar-refractivity contribution is -0.146. The van der Waals surface area contributed by atoms with Crippen molar-refractivity contribution in [3.63, 3.8) is 0 Å². The van der Waals surface area contributed by atoms with Crippen LogP contribution in [-0.4, -0.2) is 40.1 Å². The minimum Gasteiger partial charge on any atom is -0.481 e. The lowest BCUT2D eigenvalue weighted by Crippen LogP contribution is -2.53. The average Bonchev–Trinajstić information content (AvgIpc) is 2.56. The monoisotopic (exact) mass is 252 g/mol. The van der Waals surface area contributed by atoms with Crippen LogP contribution in [0, 0.1) is 12.8 Å². The van der Waals surface area contributed by atoms with Crippen LogP contribution >= 0.6 is 0 Å². The largest absolute Gasteiger partial charge is 0.481 e. The van der Waals surface area contributed by atoms with Gasteiger partial charge in [-0.05, 0) is 6.92 Å². The number of carbonyl (C=O) groups excluding carboxylic acids is 1. The molecule has 0 radical (unpaired) electrons. The van der Waals surface area contributed by atoms with E-state index in [9.17, 15) is 9.59 Å². The fourth-order valence-corrected chi connectivity index (χ4v) is 2.00. The summed E-state index contributed by atoms with van der Waals surface area (Å²) in [6.45, 7) is 6.09. The number of hydrogen-bond acceptors (Lipinski definition) is 4. The Morgan fingerprint density at radius 1 is 1.44 bits per heavy atom. The van der Waals surface area contributed by atoms with Gasteiger partial charge in [0.15, 0.2) is 5.76 Å². The van der Waals surface area contributed by atoms with Crippen molar-refractivity contribution in [2.75, 3.05) is 13.1 Å². The summed E-state index contributed by atoms with van der Waals surface area (Å²) in [5.41, 5.74) is 1.04. The number of hydrogen-bond donors (Lipinski definition) is 1. The van der Waals surface area contributed by atoms with Gasteiger partial charge < -0.3 is 14.5 Å². The second-order valence-corrected chi connectivity index (χ2v) is 4.91.